The molecule has 0 aliphatic heterocycles. The number of allylic oxidation sites excluding steroid dienone is 1. The van der Waals surface area contributed by atoms with Crippen LogP contribution in [0.1, 0.15) is 12.8 Å². The molecule has 0 aromatic rings. The van der Waals surface area contributed by atoms with Gasteiger partial charge < -0.3 is 9.84 Å². The van der Waals surface area contributed by atoms with Crippen LogP contribution in [0.4, 0.5) is 4.39 Å². The van der Waals surface area contributed by atoms with E-state index in [9.17, 15) is 9.18 Å². The van der Waals surface area contributed by atoms with Gasteiger partial charge in [0.25, 0.3) is 0 Å². The van der Waals surface area contributed by atoms with Crippen LogP contribution >= 0.6 is 0 Å². The van der Waals surface area contributed by atoms with Gasteiger partial charge >= 0.3 is 5.97 Å². The summed E-state index contributed by atoms with van der Waals surface area (Å²) in [5.74, 6) is -2.61. The third kappa shape index (κ3) is 5.54. The standard InChI is InChI=1S/C7H11FO3/c1-11-5-3-2-4-6(8)7(9)10/h4H,2-3,5H2,1H3,(H,9,10)/b6-4-. The van der Waals surface area contributed by atoms with Crippen LogP contribution in [0.2, 0.25) is 0 Å². The molecule has 0 saturated heterocycles. The summed E-state index contributed by atoms with van der Waals surface area (Å²) in [5, 5.41) is 8.06. The fourth-order valence-corrected chi connectivity index (χ4v) is 0.544. The smallest absolute Gasteiger partial charge is 0.364 e. The quantitative estimate of drug-likeness (QED) is 0.490. The van der Waals surface area contributed by atoms with Crippen LogP contribution in [-0.2, 0) is 9.53 Å². The fourth-order valence-electron chi connectivity index (χ4n) is 0.544. The highest BCUT2D eigenvalue weighted by Gasteiger charge is 2.02. The van der Waals surface area contributed by atoms with Gasteiger partial charge in [0.15, 0.2) is 0 Å². The maximum absolute atomic E-state index is 12.2. The lowest BCUT2D eigenvalue weighted by molar-refractivity contribution is -0.134. The maximum Gasteiger partial charge on any atom is 0.364 e. The monoisotopic (exact) mass is 162 g/mol. The summed E-state index contributed by atoms with van der Waals surface area (Å²) in [6.07, 6.45) is 2.07. The van der Waals surface area contributed by atoms with Gasteiger partial charge in [-0.3, -0.25) is 0 Å². The van der Waals surface area contributed by atoms with Crippen LogP contribution in [0, 0.1) is 0 Å². The Hall–Kier alpha value is -0.900. The molecule has 0 radical (unpaired) electrons. The first kappa shape index (κ1) is 10.1. The Morgan fingerprint density at radius 2 is 2.36 bits per heavy atom. The van der Waals surface area contributed by atoms with Gasteiger partial charge in [-0.1, -0.05) is 0 Å². The van der Waals surface area contributed by atoms with E-state index in [4.69, 9.17) is 5.11 Å². The zero-order valence-corrected chi connectivity index (χ0v) is 6.34. The number of rotatable bonds is 5. The van der Waals surface area contributed by atoms with Gasteiger partial charge in [-0.15, -0.1) is 0 Å². The van der Waals surface area contributed by atoms with E-state index in [1.807, 2.05) is 0 Å². The van der Waals surface area contributed by atoms with E-state index in [-0.39, 0.29) is 0 Å². The number of hydrogen-bond acceptors (Lipinski definition) is 2. The molecule has 0 unspecified atom stereocenters. The van der Waals surface area contributed by atoms with Crippen molar-refractivity contribution in [1.82, 2.24) is 0 Å². The second kappa shape index (κ2) is 5.85. The van der Waals surface area contributed by atoms with Crippen molar-refractivity contribution in [3.05, 3.63) is 11.9 Å². The van der Waals surface area contributed by atoms with Crippen molar-refractivity contribution in [3.63, 3.8) is 0 Å². The molecular formula is C7H11FO3. The highest BCUT2D eigenvalue weighted by molar-refractivity contribution is 5.83. The van der Waals surface area contributed by atoms with Crippen LogP contribution in [0.15, 0.2) is 11.9 Å². The molecule has 0 aromatic carbocycles. The molecule has 0 aliphatic carbocycles. The summed E-state index contributed by atoms with van der Waals surface area (Å²) in [5.41, 5.74) is 0. The lowest BCUT2D eigenvalue weighted by Crippen LogP contribution is -1.95. The molecule has 1 N–H and O–H groups in total. The van der Waals surface area contributed by atoms with Crippen LogP contribution in [0.25, 0.3) is 0 Å². The number of carboxylic acids is 1. The zero-order valence-electron chi connectivity index (χ0n) is 6.34. The number of methoxy groups -OCH3 is 1. The number of hydrogen-bond donors (Lipinski definition) is 1. The molecule has 0 saturated carbocycles. The Bertz CT molecular complexity index is 154. The van der Waals surface area contributed by atoms with Gasteiger partial charge in [-0.05, 0) is 18.9 Å². The average molecular weight is 162 g/mol. The Labute approximate surface area is 64.5 Å². The zero-order chi connectivity index (χ0) is 8.69. The Morgan fingerprint density at radius 1 is 1.73 bits per heavy atom. The molecule has 0 aliphatic rings. The molecule has 11 heavy (non-hydrogen) atoms. The maximum atomic E-state index is 12.2. The second-order valence-corrected chi connectivity index (χ2v) is 1.99. The number of aliphatic carboxylic acids is 1. The van der Waals surface area contributed by atoms with Crippen molar-refractivity contribution in [1.29, 1.82) is 0 Å². The normalized spacial score (nSPS) is 11.6. The minimum absolute atomic E-state index is 0.395. The SMILES string of the molecule is COCCC/C=C(\F)C(=O)O. The third-order valence-corrected chi connectivity index (χ3v) is 1.08. The first-order chi connectivity index (χ1) is 5.18. The molecule has 0 rings (SSSR count). The molecule has 4 heteroatoms. The highest BCUT2D eigenvalue weighted by Crippen LogP contribution is 2.00. The first-order valence-corrected chi connectivity index (χ1v) is 3.26. The number of ether oxygens (including phenoxy) is 1. The van der Waals surface area contributed by atoms with E-state index in [0.717, 1.165) is 6.08 Å². The minimum Gasteiger partial charge on any atom is -0.476 e. The predicted molar refractivity (Wildman–Crippen MR) is 37.9 cm³/mol. The summed E-state index contributed by atoms with van der Waals surface area (Å²) in [6.45, 7) is 0.517. The largest absolute Gasteiger partial charge is 0.476 e. The van der Waals surface area contributed by atoms with E-state index in [1.54, 1.807) is 0 Å². The third-order valence-electron chi connectivity index (χ3n) is 1.08. The van der Waals surface area contributed by atoms with E-state index in [1.165, 1.54) is 7.11 Å². The van der Waals surface area contributed by atoms with Gasteiger partial charge in [-0.25, -0.2) is 4.79 Å². The van der Waals surface area contributed by atoms with Gasteiger partial charge in [0, 0.05) is 13.7 Å². The second-order valence-electron chi connectivity index (χ2n) is 1.99. The van der Waals surface area contributed by atoms with Crippen molar-refractivity contribution < 1.29 is 19.0 Å². The topological polar surface area (TPSA) is 46.5 Å². The summed E-state index contributed by atoms with van der Waals surface area (Å²) < 4.78 is 16.9. The number of carbonyl (C=O) groups is 1. The van der Waals surface area contributed by atoms with Crippen LogP contribution in [-0.4, -0.2) is 24.8 Å². The van der Waals surface area contributed by atoms with E-state index >= 15 is 0 Å². The van der Waals surface area contributed by atoms with Gasteiger partial charge in [0.2, 0.25) is 5.83 Å². The predicted octanol–water partition coefficient (Wildman–Crippen LogP) is 1.35. The molecule has 0 heterocycles. The number of carboxylic acid groups (broad SMARTS) is 1. The molecular weight excluding hydrogens is 151 g/mol. The molecule has 64 valence electrons. The Morgan fingerprint density at radius 3 is 2.82 bits per heavy atom. The highest BCUT2D eigenvalue weighted by atomic mass is 19.1. The molecule has 3 nitrogen and oxygen atoms in total. The van der Waals surface area contributed by atoms with Crippen molar-refractivity contribution in [2.24, 2.45) is 0 Å². The number of halogens is 1. The summed E-state index contributed by atoms with van der Waals surface area (Å²) >= 11 is 0. The summed E-state index contributed by atoms with van der Waals surface area (Å²) in [7, 11) is 1.54. The first-order valence-electron chi connectivity index (χ1n) is 3.26. The lowest BCUT2D eigenvalue weighted by Gasteiger charge is -1.93. The van der Waals surface area contributed by atoms with Crippen LogP contribution in [0.5, 0.6) is 0 Å². The summed E-state index contributed by atoms with van der Waals surface area (Å²) in [6, 6.07) is 0. The van der Waals surface area contributed by atoms with Gasteiger partial charge in [0.1, 0.15) is 0 Å². The van der Waals surface area contributed by atoms with Gasteiger partial charge in [-0.2, -0.15) is 4.39 Å². The fraction of sp³-hybridized carbons (Fsp3) is 0.571. The molecule has 0 aromatic heterocycles. The molecule has 0 fully saturated rings. The number of unbranched alkanes of at least 4 members (excludes halogenated alkanes) is 1. The van der Waals surface area contributed by atoms with Gasteiger partial charge in [0.05, 0.1) is 0 Å². The van der Waals surface area contributed by atoms with E-state index < -0.39 is 11.8 Å². The summed E-state index contributed by atoms with van der Waals surface area (Å²) in [4.78, 5) is 9.89. The molecule has 0 bridgehead atoms. The average Bonchev–Trinajstić information content (AvgIpc) is 1.97. The van der Waals surface area contributed by atoms with E-state index in [0.29, 0.717) is 19.4 Å². The van der Waals surface area contributed by atoms with E-state index in [2.05, 4.69) is 4.74 Å². The van der Waals surface area contributed by atoms with Crippen LogP contribution in [0.3, 0.4) is 0 Å². The van der Waals surface area contributed by atoms with Crippen LogP contribution < -0.4 is 0 Å². The molecule has 0 atom stereocenters. The van der Waals surface area contributed by atoms with Crippen molar-refractivity contribution >= 4 is 5.97 Å². The Kier molecular flexibility index (Phi) is 5.37. The Balaban J connectivity index is 3.48. The minimum atomic E-state index is -1.51. The van der Waals surface area contributed by atoms with Crippen molar-refractivity contribution in [2.45, 2.75) is 12.8 Å². The lowest BCUT2D eigenvalue weighted by atomic mass is 10.3. The molecule has 0 amide bonds. The van der Waals surface area contributed by atoms with Crippen molar-refractivity contribution in [3.8, 4) is 0 Å². The molecule has 0 spiro atoms. The van der Waals surface area contributed by atoms with Crippen molar-refractivity contribution in [2.75, 3.05) is 13.7 Å².